The van der Waals surface area contributed by atoms with E-state index in [-0.39, 0.29) is 5.57 Å². The number of carbonyl (C=O) groups is 1. The van der Waals surface area contributed by atoms with Crippen molar-refractivity contribution < 1.29 is 23.1 Å². The standard InChI is InChI=1S/C7H13O5PS/c1-6(7(8)9-2)5-12-13(14,10-3)11-4/h5H,1-4H3/b6-5-. The van der Waals surface area contributed by atoms with Gasteiger partial charge in [-0.2, -0.15) is 0 Å². The van der Waals surface area contributed by atoms with E-state index < -0.39 is 12.7 Å². The van der Waals surface area contributed by atoms with Gasteiger partial charge in [0.05, 0.1) is 12.7 Å². The lowest BCUT2D eigenvalue weighted by atomic mass is 10.3. The van der Waals surface area contributed by atoms with Crippen LogP contribution in [0.25, 0.3) is 0 Å². The van der Waals surface area contributed by atoms with Gasteiger partial charge in [0.1, 0.15) is 6.26 Å². The zero-order valence-corrected chi connectivity index (χ0v) is 10.2. The van der Waals surface area contributed by atoms with Crippen LogP contribution in [0.3, 0.4) is 0 Å². The van der Waals surface area contributed by atoms with Gasteiger partial charge in [0.25, 0.3) is 0 Å². The Labute approximate surface area is 88.2 Å². The average Bonchev–Trinajstić information content (AvgIpc) is 2.24. The van der Waals surface area contributed by atoms with Gasteiger partial charge in [-0.15, -0.1) is 0 Å². The van der Waals surface area contributed by atoms with Crippen LogP contribution in [-0.2, 0) is 34.9 Å². The Bertz CT molecular complexity index is 267. The van der Waals surface area contributed by atoms with E-state index in [0.29, 0.717) is 0 Å². The van der Waals surface area contributed by atoms with Crippen molar-refractivity contribution in [2.75, 3.05) is 21.3 Å². The third-order valence-corrected chi connectivity index (χ3v) is 3.72. The molecule has 82 valence electrons. The van der Waals surface area contributed by atoms with E-state index >= 15 is 0 Å². The third-order valence-electron chi connectivity index (χ3n) is 1.31. The molecule has 0 aromatic heterocycles. The molecule has 0 amide bonds. The van der Waals surface area contributed by atoms with Crippen molar-refractivity contribution in [3.8, 4) is 0 Å². The Kier molecular flexibility index (Phi) is 5.95. The SMILES string of the molecule is COC(=O)/C(C)=C\OP(=S)(OC)OC. The van der Waals surface area contributed by atoms with Gasteiger partial charge in [0, 0.05) is 26.0 Å². The molecule has 0 aliphatic rings. The third kappa shape index (κ3) is 4.19. The maximum atomic E-state index is 10.9. The summed E-state index contributed by atoms with van der Waals surface area (Å²) in [5.41, 5.74) is 0.288. The number of hydrogen-bond donors (Lipinski definition) is 0. The topological polar surface area (TPSA) is 54.0 Å². The highest BCUT2D eigenvalue weighted by molar-refractivity contribution is 8.07. The Hall–Kier alpha value is -0.420. The fourth-order valence-electron chi connectivity index (χ4n) is 0.513. The van der Waals surface area contributed by atoms with Crippen LogP contribution >= 0.6 is 6.72 Å². The Balaban J connectivity index is 4.41. The van der Waals surface area contributed by atoms with Crippen LogP contribution < -0.4 is 0 Å². The first-order chi connectivity index (χ1) is 6.49. The maximum Gasteiger partial charge on any atom is 0.379 e. The molecule has 0 unspecified atom stereocenters. The molecule has 0 rings (SSSR count). The molecule has 0 saturated heterocycles. The van der Waals surface area contributed by atoms with Crippen LogP contribution in [0.4, 0.5) is 0 Å². The Morgan fingerprint density at radius 1 is 1.29 bits per heavy atom. The molecule has 0 aliphatic carbocycles. The number of rotatable bonds is 5. The summed E-state index contributed by atoms with van der Waals surface area (Å²) in [6.45, 7) is -1.20. The molecule has 0 N–H and O–H groups in total. The quantitative estimate of drug-likeness (QED) is 0.315. The van der Waals surface area contributed by atoms with Gasteiger partial charge in [0.15, 0.2) is 0 Å². The van der Waals surface area contributed by atoms with Gasteiger partial charge in [-0.3, -0.25) is 0 Å². The fourth-order valence-corrected chi connectivity index (χ4v) is 1.25. The summed E-state index contributed by atoms with van der Waals surface area (Å²) in [5.74, 6) is -0.487. The van der Waals surface area contributed by atoms with Crippen molar-refractivity contribution in [2.24, 2.45) is 0 Å². The molecular formula is C7H13O5PS. The minimum Gasteiger partial charge on any atom is -0.466 e. The summed E-state index contributed by atoms with van der Waals surface area (Å²) in [6, 6.07) is 0. The predicted octanol–water partition coefficient (Wildman–Crippen LogP) is 1.60. The zero-order valence-electron chi connectivity index (χ0n) is 8.47. The minimum atomic E-state index is -2.74. The summed E-state index contributed by atoms with van der Waals surface area (Å²) >= 11 is 4.89. The Morgan fingerprint density at radius 3 is 2.14 bits per heavy atom. The maximum absolute atomic E-state index is 10.9. The van der Waals surface area contributed by atoms with Gasteiger partial charge < -0.3 is 18.3 Å². The molecule has 14 heavy (non-hydrogen) atoms. The fraction of sp³-hybridized carbons (Fsp3) is 0.571. The van der Waals surface area contributed by atoms with Gasteiger partial charge in [-0.1, -0.05) is 0 Å². The number of esters is 1. The molecule has 0 bridgehead atoms. The monoisotopic (exact) mass is 240 g/mol. The van der Waals surface area contributed by atoms with Crippen molar-refractivity contribution in [2.45, 2.75) is 6.92 Å². The van der Waals surface area contributed by atoms with E-state index in [4.69, 9.17) is 25.4 Å². The highest BCUT2D eigenvalue weighted by atomic mass is 32.5. The van der Waals surface area contributed by atoms with E-state index in [9.17, 15) is 4.79 Å². The molecule has 0 spiro atoms. The molecule has 0 heterocycles. The highest BCUT2D eigenvalue weighted by Gasteiger charge is 2.16. The van der Waals surface area contributed by atoms with Gasteiger partial charge >= 0.3 is 12.7 Å². The lowest BCUT2D eigenvalue weighted by Crippen LogP contribution is -2.02. The van der Waals surface area contributed by atoms with Crippen molar-refractivity contribution in [3.05, 3.63) is 11.8 Å². The predicted molar refractivity (Wildman–Crippen MR) is 55.2 cm³/mol. The van der Waals surface area contributed by atoms with Crippen LogP contribution in [-0.4, -0.2) is 27.3 Å². The van der Waals surface area contributed by atoms with E-state index in [2.05, 4.69) is 4.74 Å². The minimum absolute atomic E-state index is 0.288. The largest absolute Gasteiger partial charge is 0.466 e. The average molecular weight is 240 g/mol. The number of ether oxygens (including phenoxy) is 1. The van der Waals surface area contributed by atoms with Crippen molar-refractivity contribution in [3.63, 3.8) is 0 Å². The molecule has 0 radical (unpaired) electrons. The molecule has 0 aromatic rings. The second kappa shape index (κ2) is 6.14. The molecule has 0 atom stereocenters. The van der Waals surface area contributed by atoms with Crippen LogP contribution in [0, 0.1) is 0 Å². The first-order valence-electron chi connectivity index (χ1n) is 3.64. The smallest absolute Gasteiger partial charge is 0.379 e. The summed E-state index contributed by atoms with van der Waals surface area (Å²) in [4.78, 5) is 10.9. The molecule has 0 saturated carbocycles. The first kappa shape index (κ1) is 13.6. The van der Waals surface area contributed by atoms with E-state index in [1.807, 2.05) is 0 Å². The lowest BCUT2D eigenvalue weighted by Gasteiger charge is -2.15. The number of carbonyl (C=O) groups excluding carboxylic acids is 1. The molecule has 7 heteroatoms. The van der Waals surface area contributed by atoms with Gasteiger partial charge in [0.2, 0.25) is 0 Å². The van der Waals surface area contributed by atoms with Gasteiger partial charge in [-0.25, -0.2) is 4.79 Å². The summed E-state index contributed by atoms with van der Waals surface area (Å²) in [5, 5.41) is 0. The molecule has 5 nitrogen and oxygen atoms in total. The molecular weight excluding hydrogens is 227 g/mol. The van der Waals surface area contributed by atoms with E-state index in [1.54, 1.807) is 0 Å². The van der Waals surface area contributed by atoms with Crippen molar-refractivity contribution >= 4 is 24.5 Å². The molecule has 0 fully saturated rings. The first-order valence-corrected chi connectivity index (χ1v) is 6.19. The zero-order chi connectivity index (χ0) is 11.2. The second-order valence-electron chi connectivity index (χ2n) is 2.21. The van der Waals surface area contributed by atoms with Gasteiger partial charge in [-0.05, 0) is 6.92 Å². The van der Waals surface area contributed by atoms with Crippen molar-refractivity contribution in [1.29, 1.82) is 0 Å². The summed E-state index contributed by atoms with van der Waals surface area (Å²) in [6.07, 6.45) is 1.18. The highest BCUT2D eigenvalue weighted by Crippen LogP contribution is 2.48. The van der Waals surface area contributed by atoms with Crippen molar-refractivity contribution in [1.82, 2.24) is 0 Å². The van der Waals surface area contributed by atoms with Crippen LogP contribution in [0.1, 0.15) is 6.92 Å². The second-order valence-corrected chi connectivity index (χ2v) is 5.39. The summed E-state index contributed by atoms with van der Waals surface area (Å²) in [7, 11) is 4.04. The summed E-state index contributed by atoms with van der Waals surface area (Å²) < 4.78 is 19.2. The number of hydrogen-bond acceptors (Lipinski definition) is 6. The van der Waals surface area contributed by atoms with Crippen LogP contribution in [0.15, 0.2) is 11.8 Å². The Morgan fingerprint density at radius 2 is 1.79 bits per heavy atom. The molecule has 0 aromatic carbocycles. The molecule has 0 aliphatic heterocycles. The van der Waals surface area contributed by atoms with E-state index in [1.165, 1.54) is 34.5 Å². The van der Waals surface area contributed by atoms with E-state index in [0.717, 1.165) is 0 Å². The van der Waals surface area contributed by atoms with Crippen LogP contribution in [0.2, 0.25) is 0 Å². The number of methoxy groups -OCH3 is 1. The lowest BCUT2D eigenvalue weighted by molar-refractivity contribution is -0.136. The van der Waals surface area contributed by atoms with Crippen LogP contribution in [0.5, 0.6) is 0 Å². The normalized spacial score (nSPS) is 12.4.